The lowest BCUT2D eigenvalue weighted by Gasteiger charge is -2.10. The molecule has 0 radical (unpaired) electrons. The van der Waals surface area contributed by atoms with Crippen molar-refractivity contribution in [2.75, 3.05) is 11.9 Å². The highest BCUT2D eigenvalue weighted by molar-refractivity contribution is 8.14. The van der Waals surface area contributed by atoms with E-state index in [0.29, 0.717) is 16.6 Å². The molecule has 0 spiro atoms. The first-order chi connectivity index (χ1) is 8.41. The molecule has 0 aliphatic carbocycles. The minimum Gasteiger partial charge on any atom is -0.311 e. The van der Waals surface area contributed by atoms with Crippen LogP contribution in [0.15, 0.2) is 29.3 Å². The molecule has 1 amide bonds. The number of aromatic nitrogens is 1. The van der Waals surface area contributed by atoms with Gasteiger partial charge in [-0.3, -0.25) is 9.78 Å². The summed E-state index contributed by atoms with van der Waals surface area (Å²) in [6.45, 7) is 0. The maximum Gasteiger partial charge on any atom is 0.263 e. The number of hydrogen-bond donors (Lipinski definition) is 0. The van der Waals surface area contributed by atoms with E-state index in [1.807, 2.05) is 0 Å². The van der Waals surface area contributed by atoms with Crippen LogP contribution in [-0.2, 0) is 9.05 Å². The van der Waals surface area contributed by atoms with Crippen LogP contribution in [0.3, 0.4) is 0 Å². The number of anilines is 1. The topological polar surface area (TPSA) is 67.3 Å². The van der Waals surface area contributed by atoms with Gasteiger partial charge in [0.2, 0.25) is 0 Å². The van der Waals surface area contributed by atoms with Gasteiger partial charge in [0.25, 0.3) is 15.0 Å². The van der Waals surface area contributed by atoms with Gasteiger partial charge in [0.1, 0.15) is 4.90 Å². The number of halogens is 1. The summed E-state index contributed by atoms with van der Waals surface area (Å²) in [6, 6.07) is 4.50. The Balaban J connectivity index is 2.54. The van der Waals surface area contributed by atoms with E-state index in [2.05, 4.69) is 4.98 Å². The fraction of sp³-hybridized carbons (Fsp3) is 0.0909. The third-order valence-electron chi connectivity index (χ3n) is 2.99. The standard InChI is InChI=1S/C11H7ClN2O3S/c1-14-7-2-3-8(18(12,16)17)10-9(7)6(11(14)15)4-5-13-10/h2-5H,1H3. The first-order valence-electron chi connectivity index (χ1n) is 5.05. The highest BCUT2D eigenvalue weighted by Gasteiger charge is 2.30. The van der Waals surface area contributed by atoms with Crippen LogP contribution in [0.5, 0.6) is 0 Å². The Morgan fingerprint density at radius 1 is 1.28 bits per heavy atom. The Morgan fingerprint density at radius 3 is 2.67 bits per heavy atom. The van der Waals surface area contributed by atoms with E-state index in [1.165, 1.54) is 17.2 Å². The highest BCUT2D eigenvalue weighted by Crippen LogP contribution is 2.38. The Kier molecular flexibility index (Phi) is 2.18. The molecule has 18 heavy (non-hydrogen) atoms. The van der Waals surface area contributed by atoms with Gasteiger partial charge in [-0.05, 0) is 18.2 Å². The van der Waals surface area contributed by atoms with Gasteiger partial charge in [0.05, 0.1) is 16.8 Å². The van der Waals surface area contributed by atoms with Crippen LogP contribution in [0.1, 0.15) is 10.4 Å². The molecule has 0 N–H and O–H groups in total. The van der Waals surface area contributed by atoms with Crippen molar-refractivity contribution in [3.8, 4) is 0 Å². The molecular formula is C11H7ClN2O3S. The average molecular weight is 283 g/mol. The Bertz CT molecular complexity index is 801. The second-order valence-corrected chi connectivity index (χ2v) is 6.50. The zero-order chi connectivity index (χ0) is 13.1. The van der Waals surface area contributed by atoms with Crippen LogP contribution in [0, 0.1) is 0 Å². The molecule has 1 aliphatic heterocycles. The van der Waals surface area contributed by atoms with Crippen LogP contribution in [-0.4, -0.2) is 26.4 Å². The van der Waals surface area contributed by atoms with E-state index in [-0.39, 0.29) is 16.3 Å². The fourth-order valence-corrected chi connectivity index (χ4v) is 3.16. The minimum atomic E-state index is -3.89. The molecule has 3 rings (SSSR count). The van der Waals surface area contributed by atoms with Crippen molar-refractivity contribution < 1.29 is 13.2 Å². The predicted molar refractivity (Wildman–Crippen MR) is 67.5 cm³/mol. The van der Waals surface area contributed by atoms with E-state index in [4.69, 9.17) is 10.7 Å². The van der Waals surface area contributed by atoms with Gasteiger partial charge in [-0.25, -0.2) is 8.42 Å². The van der Waals surface area contributed by atoms with Gasteiger partial charge in [-0.15, -0.1) is 0 Å². The molecule has 1 aromatic heterocycles. The molecule has 0 unspecified atom stereocenters. The summed E-state index contributed by atoms with van der Waals surface area (Å²) in [5.41, 5.74) is 1.32. The summed E-state index contributed by atoms with van der Waals surface area (Å²) in [6.07, 6.45) is 1.41. The first-order valence-corrected chi connectivity index (χ1v) is 7.36. The lowest BCUT2D eigenvalue weighted by Crippen LogP contribution is -2.20. The van der Waals surface area contributed by atoms with Crippen molar-refractivity contribution in [3.63, 3.8) is 0 Å². The van der Waals surface area contributed by atoms with Crippen LogP contribution in [0.4, 0.5) is 5.69 Å². The quantitative estimate of drug-likeness (QED) is 0.748. The average Bonchev–Trinajstić information content (AvgIpc) is 2.56. The molecule has 0 atom stereocenters. The molecule has 2 heterocycles. The number of hydrogen-bond acceptors (Lipinski definition) is 4. The number of pyridine rings is 1. The van der Waals surface area contributed by atoms with E-state index < -0.39 is 9.05 Å². The molecule has 1 aromatic carbocycles. The molecule has 0 bridgehead atoms. The molecule has 0 saturated heterocycles. The summed E-state index contributed by atoms with van der Waals surface area (Å²) in [5, 5.41) is 0.534. The Hall–Kier alpha value is -1.66. The van der Waals surface area contributed by atoms with Crippen molar-refractivity contribution >= 4 is 42.2 Å². The van der Waals surface area contributed by atoms with Crippen LogP contribution in [0.25, 0.3) is 10.9 Å². The second kappa shape index (κ2) is 3.43. The van der Waals surface area contributed by atoms with Crippen molar-refractivity contribution in [3.05, 3.63) is 30.0 Å². The number of rotatable bonds is 1. The maximum absolute atomic E-state index is 12.0. The van der Waals surface area contributed by atoms with Crippen LogP contribution < -0.4 is 4.90 Å². The molecular weight excluding hydrogens is 276 g/mol. The van der Waals surface area contributed by atoms with E-state index in [1.54, 1.807) is 19.2 Å². The number of carbonyl (C=O) groups excluding carboxylic acids is 1. The van der Waals surface area contributed by atoms with Crippen molar-refractivity contribution in [2.24, 2.45) is 0 Å². The predicted octanol–water partition coefficient (Wildman–Crippen LogP) is 1.75. The second-order valence-electron chi connectivity index (χ2n) is 3.97. The number of amides is 1. The zero-order valence-corrected chi connectivity index (χ0v) is 10.8. The van der Waals surface area contributed by atoms with Crippen molar-refractivity contribution in [1.29, 1.82) is 0 Å². The van der Waals surface area contributed by atoms with Gasteiger partial charge in [0, 0.05) is 29.3 Å². The summed E-state index contributed by atoms with van der Waals surface area (Å²) in [5.74, 6) is -0.179. The summed E-state index contributed by atoms with van der Waals surface area (Å²) in [7, 11) is 3.11. The van der Waals surface area contributed by atoms with Gasteiger partial charge in [-0.1, -0.05) is 0 Å². The largest absolute Gasteiger partial charge is 0.311 e. The molecule has 7 heteroatoms. The van der Waals surface area contributed by atoms with Crippen LogP contribution in [0.2, 0.25) is 0 Å². The molecule has 1 aliphatic rings. The number of nitrogens with zero attached hydrogens (tertiary/aromatic N) is 2. The maximum atomic E-state index is 12.0. The highest BCUT2D eigenvalue weighted by atomic mass is 35.7. The Morgan fingerprint density at radius 2 is 2.00 bits per heavy atom. The first kappa shape index (κ1) is 11.4. The Labute approximate surface area is 107 Å². The molecule has 5 nitrogen and oxygen atoms in total. The monoisotopic (exact) mass is 282 g/mol. The van der Waals surface area contributed by atoms with Gasteiger partial charge in [0.15, 0.2) is 0 Å². The third-order valence-corrected chi connectivity index (χ3v) is 4.35. The van der Waals surface area contributed by atoms with Crippen molar-refractivity contribution in [2.45, 2.75) is 4.90 Å². The summed E-state index contributed by atoms with van der Waals surface area (Å²) >= 11 is 0. The van der Waals surface area contributed by atoms with Crippen molar-refractivity contribution in [1.82, 2.24) is 4.98 Å². The van der Waals surface area contributed by atoms with E-state index in [0.717, 1.165) is 0 Å². The zero-order valence-electron chi connectivity index (χ0n) is 9.21. The van der Waals surface area contributed by atoms with Gasteiger partial charge < -0.3 is 4.90 Å². The summed E-state index contributed by atoms with van der Waals surface area (Å²) in [4.78, 5) is 17.4. The lowest BCUT2D eigenvalue weighted by molar-refractivity contribution is 0.0999. The number of benzene rings is 1. The number of carbonyl (C=O) groups is 1. The smallest absolute Gasteiger partial charge is 0.263 e. The third kappa shape index (κ3) is 1.36. The normalized spacial score (nSPS) is 14.6. The van der Waals surface area contributed by atoms with E-state index >= 15 is 0 Å². The van der Waals surface area contributed by atoms with Gasteiger partial charge in [-0.2, -0.15) is 0 Å². The van der Waals surface area contributed by atoms with Gasteiger partial charge >= 0.3 is 0 Å². The van der Waals surface area contributed by atoms with Crippen LogP contribution >= 0.6 is 10.7 Å². The lowest BCUT2D eigenvalue weighted by atomic mass is 10.1. The molecule has 2 aromatic rings. The molecule has 92 valence electrons. The van der Waals surface area contributed by atoms with E-state index in [9.17, 15) is 13.2 Å². The fourth-order valence-electron chi connectivity index (χ4n) is 2.17. The molecule has 0 saturated carbocycles. The molecule has 0 fully saturated rings. The summed E-state index contributed by atoms with van der Waals surface area (Å²) < 4.78 is 23.0. The minimum absolute atomic E-state index is 0.0760. The SMILES string of the molecule is CN1C(=O)c2ccnc3c(S(=O)(=O)Cl)ccc1c23.